The van der Waals surface area contributed by atoms with Gasteiger partial charge in [0.2, 0.25) is 0 Å². The Hall–Kier alpha value is -3.09. The number of nitrogens with two attached hydrogens (primary N) is 1. The zero-order chi connectivity index (χ0) is 26.2. The van der Waals surface area contributed by atoms with Crippen molar-refractivity contribution in [2.75, 3.05) is 30.3 Å². The number of rotatable bonds is 4. The van der Waals surface area contributed by atoms with Crippen molar-refractivity contribution in [1.82, 2.24) is 14.5 Å². The number of hydrogen-bond donors (Lipinski definition) is 2. The minimum Gasteiger partial charge on any atom is -0.382 e. The summed E-state index contributed by atoms with van der Waals surface area (Å²) >= 11 is 0. The van der Waals surface area contributed by atoms with Gasteiger partial charge in [0, 0.05) is 30.9 Å². The van der Waals surface area contributed by atoms with E-state index in [2.05, 4.69) is 22.0 Å². The van der Waals surface area contributed by atoms with Gasteiger partial charge in [-0.1, -0.05) is 18.1 Å². The lowest BCUT2D eigenvalue weighted by molar-refractivity contribution is -0.376. The molecule has 0 bridgehead atoms. The first-order chi connectivity index (χ1) is 16.1. The molecule has 0 amide bonds. The summed E-state index contributed by atoms with van der Waals surface area (Å²) in [5, 5.41) is 16.3. The van der Waals surface area contributed by atoms with Crippen LogP contribution in [-0.2, 0) is 15.6 Å². The third-order valence-corrected chi connectivity index (χ3v) is 7.11. The van der Waals surface area contributed by atoms with Gasteiger partial charge in [0.15, 0.2) is 5.03 Å². The lowest BCUT2D eigenvalue weighted by Gasteiger charge is -2.40. The Bertz CT molecular complexity index is 1210. The second-order valence-electron chi connectivity index (χ2n) is 7.52. The normalized spacial score (nSPS) is 18.2. The van der Waals surface area contributed by atoms with Crippen molar-refractivity contribution in [2.45, 2.75) is 35.9 Å². The van der Waals surface area contributed by atoms with Crippen molar-refractivity contribution >= 4 is 21.5 Å². The van der Waals surface area contributed by atoms with E-state index < -0.39 is 39.6 Å². The number of piperazine rings is 1. The Morgan fingerprint density at radius 2 is 1.60 bits per heavy atom. The van der Waals surface area contributed by atoms with Gasteiger partial charge in [0.05, 0.1) is 0 Å². The second-order valence-corrected chi connectivity index (χ2v) is 9.40. The highest BCUT2D eigenvalue weighted by Crippen LogP contribution is 2.50. The zero-order valence-electron chi connectivity index (χ0n) is 18.0. The van der Waals surface area contributed by atoms with E-state index in [0.29, 0.717) is 12.1 Å². The van der Waals surface area contributed by atoms with E-state index in [1.165, 1.54) is 19.1 Å². The lowest BCUT2D eigenvalue weighted by Crippen LogP contribution is -2.55. The largest absolute Gasteiger partial charge is 0.430 e. The average molecular weight is 523 g/mol. The fourth-order valence-corrected chi connectivity index (χ4v) is 4.87. The molecule has 1 atom stereocenters. The summed E-state index contributed by atoms with van der Waals surface area (Å²) in [5.41, 5.74) is -0.826. The number of aromatic nitrogens is 2. The van der Waals surface area contributed by atoms with E-state index in [9.17, 15) is 39.9 Å². The molecule has 190 valence electrons. The first-order valence-electron chi connectivity index (χ1n) is 9.87. The number of benzene rings is 1. The summed E-state index contributed by atoms with van der Waals surface area (Å²) in [5.74, 6) is 5.45. The molecule has 1 aliphatic rings. The van der Waals surface area contributed by atoms with Crippen LogP contribution in [-0.4, -0.2) is 66.1 Å². The first-order valence-corrected chi connectivity index (χ1v) is 11.3. The fourth-order valence-electron chi connectivity index (χ4n) is 3.56. The molecule has 0 spiro atoms. The Morgan fingerprint density at radius 3 is 2.09 bits per heavy atom. The van der Waals surface area contributed by atoms with Gasteiger partial charge in [-0.05, 0) is 31.2 Å². The highest BCUT2D eigenvalue weighted by Gasteiger charge is 2.71. The molecule has 1 fully saturated rings. The molecule has 35 heavy (non-hydrogen) atoms. The molecule has 1 aromatic carbocycles. The van der Waals surface area contributed by atoms with Gasteiger partial charge in [-0.2, -0.15) is 30.6 Å². The first kappa shape index (κ1) is 26.5. The second kappa shape index (κ2) is 9.17. The standard InChI is InChI=1S/C20H19F6N5O3S/c1-2-3-15-12-30(35(33,34)17-9-8-16(27)28-29-17)10-11-31(15)14-6-4-13(5-7-14)18(32,19(21,22)23)20(24,25)26/h4-9,15,32H,10-12H2,1H3,(H2,27,28)/t15-/m0/s1. The Balaban J connectivity index is 1.89. The van der Waals surface area contributed by atoms with Crippen LogP contribution in [0.25, 0.3) is 0 Å². The molecule has 0 aliphatic carbocycles. The smallest absolute Gasteiger partial charge is 0.382 e. The van der Waals surface area contributed by atoms with Crippen LogP contribution in [0.3, 0.4) is 0 Å². The van der Waals surface area contributed by atoms with Crippen LogP contribution >= 0.6 is 0 Å². The summed E-state index contributed by atoms with van der Waals surface area (Å²) in [7, 11) is -4.07. The molecule has 1 aliphatic heterocycles. The van der Waals surface area contributed by atoms with Crippen LogP contribution in [0, 0.1) is 11.8 Å². The third kappa shape index (κ3) is 4.86. The molecule has 2 heterocycles. The van der Waals surface area contributed by atoms with Gasteiger partial charge >= 0.3 is 12.4 Å². The number of anilines is 2. The van der Waals surface area contributed by atoms with Crippen molar-refractivity contribution < 1.29 is 39.9 Å². The monoisotopic (exact) mass is 523 g/mol. The van der Waals surface area contributed by atoms with E-state index in [4.69, 9.17) is 5.73 Å². The molecule has 0 unspecified atom stereocenters. The van der Waals surface area contributed by atoms with E-state index in [1.807, 2.05) is 0 Å². The Labute approximate surface area is 196 Å². The van der Waals surface area contributed by atoms with Crippen LogP contribution < -0.4 is 10.6 Å². The van der Waals surface area contributed by atoms with Crippen LogP contribution in [0.2, 0.25) is 0 Å². The van der Waals surface area contributed by atoms with Gasteiger partial charge in [-0.15, -0.1) is 16.1 Å². The van der Waals surface area contributed by atoms with E-state index in [1.54, 1.807) is 4.90 Å². The summed E-state index contributed by atoms with van der Waals surface area (Å²) in [6.07, 6.45) is -12.0. The molecule has 3 rings (SSSR count). The quantitative estimate of drug-likeness (QED) is 0.467. The average Bonchev–Trinajstić information content (AvgIpc) is 2.77. The van der Waals surface area contributed by atoms with Crippen LogP contribution in [0.1, 0.15) is 12.5 Å². The number of halogens is 6. The topological polar surface area (TPSA) is 113 Å². The number of nitrogen functional groups attached to an aromatic ring is 1. The highest BCUT2D eigenvalue weighted by atomic mass is 32.2. The van der Waals surface area contributed by atoms with Crippen molar-refractivity contribution in [2.24, 2.45) is 0 Å². The molecule has 3 N–H and O–H groups in total. The molecule has 15 heteroatoms. The number of aliphatic hydroxyl groups is 1. The molecule has 1 saturated heterocycles. The highest BCUT2D eigenvalue weighted by molar-refractivity contribution is 7.89. The number of alkyl halides is 6. The SMILES string of the molecule is CC#C[C@H]1CN(S(=O)(=O)c2ccc(N)nn2)CCN1c1ccc(C(O)(C(F)(F)F)C(F)(F)F)cc1. The summed E-state index contributed by atoms with van der Waals surface area (Å²) in [6.45, 7) is 1.27. The molecule has 0 radical (unpaired) electrons. The molecular weight excluding hydrogens is 504 g/mol. The summed E-state index contributed by atoms with van der Waals surface area (Å²) in [6, 6.07) is 4.70. The zero-order valence-corrected chi connectivity index (χ0v) is 18.8. The molecule has 8 nitrogen and oxygen atoms in total. The molecule has 2 aromatic rings. The van der Waals surface area contributed by atoms with Gasteiger partial charge in [0.25, 0.3) is 15.6 Å². The minimum atomic E-state index is -6.01. The molecule has 0 saturated carbocycles. The van der Waals surface area contributed by atoms with E-state index >= 15 is 0 Å². The van der Waals surface area contributed by atoms with Gasteiger partial charge in [0.1, 0.15) is 11.9 Å². The third-order valence-electron chi connectivity index (χ3n) is 5.36. The van der Waals surface area contributed by atoms with E-state index in [0.717, 1.165) is 16.4 Å². The Kier molecular flexibility index (Phi) is 6.95. The number of hydrogen-bond acceptors (Lipinski definition) is 7. The van der Waals surface area contributed by atoms with Crippen molar-refractivity contribution in [1.29, 1.82) is 0 Å². The van der Waals surface area contributed by atoms with Crippen molar-refractivity contribution in [3.05, 3.63) is 42.0 Å². The van der Waals surface area contributed by atoms with Crippen LogP contribution in [0.5, 0.6) is 0 Å². The molecular formula is C20H19F6N5O3S. The number of sulfonamides is 1. The Morgan fingerprint density at radius 1 is 1.00 bits per heavy atom. The summed E-state index contributed by atoms with van der Waals surface area (Å²) < 4.78 is 106. The lowest BCUT2D eigenvalue weighted by atomic mass is 9.92. The predicted octanol–water partition coefficient (Wildman–Crippen LogP) is 2.27. The molecule has 1 aromatic heterocycles. The van der Waals surface area contributed by atoms with Gasteiger partial charge < -0.3 is 15.7 Å². The van der Waals surface area contributed by atoms with E-state index in [-0.39, 0.29) is 36.2 Å². The van der Waals surface area contributed by atoms with Crippen molar-refractivity contribution in [3.63, 3.8) is 0 Å². The maximum absolute atomic E-state index is 13.1. The van der Waals surface area contributed by atoms with Crippen molar-refractivity contribution in [3.8, 4) is 11.8 Å². The fraction of sp³-hybridized carbons (Fsp3) is 0.400. The maximum atomic E-state index is 13.1. The van der Waals surface area contributed by atoms with Crippen LogP contribution in [0.4, 0.5) is 37.8 Å². The minimum absolute atomic E-state index is 0.0170. The number of nitrogens with zero attached hydrogens (tertiary/aromatic N) is 4. The predicted molar refractivity (Wildman–Crippen MR) is 112 cm³/mol. The van der Waals surface area contributed by atoms with Gasteiger partial charge in [-0.3, -0.25) is 0 Å². The van der Waals surface area contributed by atoms with Crippen LogP contribution in [0.15, 0.2) is 41.4 Å². The summed E-state index contributed by atoms with van der Waals surface area (Å²) in [4.78, 5) is 1.54. The maximum Gasteiger partial charge on any atom is 0.430 e. The van der Waals surface area contributed by atoms with Gasteiger partial charge in [-0.25, -0.2) is 8.42 Å².